The van der Waals surface area contributed by atoms with Crippen LogP contribution in [0.2, 0.25) is 0 Å². The van der Waals surface area contributed by atoms with Gasteiger partial charge in [0.15, 0.2) is 0 Å². The van der Waals surface area contributed by atoms with Crippen molar-refractivity contribution in [2.24, 2.45) is 0 Å². The van der Waals surface area contributed by atoms with E-state index in [0.717, 1.165) is 43.9 Å². The van der Waals surface area contributed by atoms with E-state index in [1.54, 1.807) is 6.07 Å². The van der Waals surface area contributed by atoms with Crippen molar-refractivity contribution in [1.82, 2.24) is 4.90 Å². The number of benzene rings is 3. The van der Waals surface area contributed by atoms with Crippen molar-refractivity contribution < 1.29 is 8.42 Å². The first-order chi connectivity index (χ1) is 14.9. The third-order valence-corrected chi connectivity index (χ3v) is 7.26. The van der Waals surface area contributed by atoms with Gasteiger partial charge in [-0.3, -0.25) is 9.62 Å². The zero-order valence-electron chi connectivity index (χ0n) is 18.1. The number of nitrogens with zero attached hydrogens (tertiary/aromatic N) is 2. The minimum atomic E-state index is -3.60. The Morgan fingerprint density at radius 1 is 0.839 bits per heavy atom. The van der Waals surface area contributed by atoms with E-state index in [0.29, 0.717) is 10.6 Å². The molecule has 0 amide bonds. The molecule has 0 radical (unpaired) electrons. The number of sulfonamides is 1. The van der Waals surface area contributed by atoms with Gasteiger partial charge >= 0.3 is 0 Å². The fourth-order valence-electron chi connectivity index (χ4n) is 3.95. The number of hydrogen-bond donors (Lipinski definition) is 1. The van der Waals surface area contributed by atoms with Crippen LogP contribution in [-0.4, -0.2) is 39.5 Å². The van der Waals surface area contributed by atoms with E-state index in [1.165, 1.54) is 11.3 Å². The molecular formula is C25H29N3O2S. The van der Waals surface area contributed by atoms with E-state index in [1.807, 2.05) is 56.3 Å². The van der Waals surface area contributed by atoms with Crippen LogP contribution in [0.15, 0.2) is 77.7 Å². The molecule has 5 nitrogen and oxygen atoms in total. The van der Waals surface area contributed by atoms with Gasteiger partial charge in [0.1, 0.15) is 0 Å². The lowest BCUT2D eigenvalue weighted by Crippen LogP contribution is -2.45. The molecule has 0 aliphatic carbocycles. The van der Waals surface area contributed by atoms with E-state index in [-0.39, 0.29) is 0 Å². The molecule has 1 saturated heterocycles. The lowest BCUT2D eigenvalue weighted by atomic mass is 10.1. The number of hydrogen-bond acceptors (Lipinski definition) is 4. The largest absolute Gasteiger partial charge is 0.369 e. The van der Waals surface area contributed by atoms with Crippen LogP contribution in [0.3, 0.4) is 0 Å². The Kier molecular flexibility index (Phi) is 6.30. The van der Waals surface area contributed by atoms with Gasteiger partial charge in [-0.25, -0.2) is 8.42 Å². The Hall–Kier alpha value is -2.83. The molecule has 3 aromatic carbocycles. The number of rotatable bonds is 6. The first-order valence-electron chi connectivity index (χ1n) is 10.6. The normalized spacial score (nSPS) is 15.1. The summed E-state index contributed by atoms with van der Waals surface area (Å²) in [5.41, 5.74) is 4.71. The number of para-hydroxylation sites is 1. The molecule has 0 atom stereocenters. The van der Waals surface area contributed by atoms with Crippen LogP contribution in [0, 0.1) is 13.8 Å². The maximum atomic E-state index is 12.8. The minimum absolute atomic E-state index is 0.327. The summed E-state index contributed by atoms with van der Waals surface area (Å²) in [5, 5.41) is 0. The van der Waals surface area contributed by atoms with Gasteiger partial charge in [-0.15, -0.1) is 0 Å². The molecule has 31 heavy (non-hydrogen) atoms. The highest BCUT2D eigenvalue weighted by Crippen LogP contribution is 2.22. The van der Waals surface area contributed by atoms with E-state index >= 15 is 0 Å². The predicted molar refractivity (Wildman–Crippen MR) is 127 cm³/mol. The van der Waals surface area contributed by atoms with Crippen LogP contribution in [-0.2, 0) is 16.6 Å². The van der Waals surface area contributed by atoms with Gasteiger partial charge in [-0.1, -0.05) is 42.5 Å². The molecule has 0 aromatic heterocycles. The highest BCUT2D eigenvalue weighted by Gasteiger charge is 2.19. The second-order valence-corrected chi connectivity index (χ2v) is 9.82. The molecule has 6 heteroatoms. The molecule has 0 spiro atoms. The van der Waals surface area contributed by atoms with Gasteiger partial charge in [0, 0.05) is 44.1 Å². The average Bonchev–Trinajstić information content (AvgIpc) is 2.78. The van der Waals surface area contributed by atoms with Crippen LogP contribution in [0.25, 0.3) is 0 Å². The molecule has 0 unspecified atom stereocenters. The third-order valence-electron chi connectivity index (χ3n) is 5.74. The van der Waals surface area contributed by atoms with Gasteiger partial charge in [-0.05, 0) is 60.9 Å². The summed E-state index contributed by atoms with van der Waals surface area (Å²) in [6.07, 6.45) is 0. The maximum Gasteiger partial charge on any atom is 0.262 e. The lowest BCUT2D eigenvalue weighted by Gasteiger charge is -2.36. The summed E-state index contributed by atoms with van der Waals surface area (Å²) in [6.45, 7) is 8.62. The fraction of sp³-hybridized carbons (Fsp3) is 0.280. The minimum Gasteiger partial charge on any atom is -0.369 e. The summed E-state index contributed by atoms with van der Waals surface area (Å²) in [6, 6.07) is 23.7. The monoisotopic (exact) mass is 435 g/mol. The predicted octanol–water partition coefficient (Wildman–Crippen LogP) is 4.43. The van der Waals surface area contributed by atoms with Crippen LogP contribution >= 0.6 is 0 Å². The molecule has 1 fully saturated rings. The van der Waals surface area contributed by atoms with E-state index in [2.05, 4.69) is 38.8 Å². The molecular weight excluding hydrogens is 406 g/mol. The standard InChI is InChI=1S/C25H29N3O2S/c1-20-8-9-21(2)25(18-20)31(29,30)26-23-12-10-22(11-13-23)19-27-14-16-28(17-15-27)24-6-4-3-5-7-24/h3-13,18,26H,14-17,19H2,1-2H3. The molecule has 162 valence electrons. The van der Waals surface area contributed by atoms with E-state index in [9.17, 15) is 8.42 Å². The highest BCUT2D eigenvalue weighted by molar-refractivity contribution is 7.92. The maximum absolute atomic E-state index is 12.8. The van der Waals surface area contributed by atoms with Crippen LogP contribution < -0.4 is 9.62 Å². The smallest absolute Gasteiger partial charge is 0.262 e. The summed E-state index contributed by atoms with van der Waals surface area (Å²) in [4.78, 5) is 5.18. The molecule has 1 N–H and O–H groups in total. The van der Waals surface area contributed by atoms with Crippen molar-refractivity contribution in [2.45, 2.75) is 25.3 Å². The van der Waals surface area contributed by atoms with Gasteiger partial charge < -0.3 is 4.90 Å². The first-order valence-corrected chi connectivity index (χ1v) is 12.1. The van der Waals surface area contributed by atoms with Crippen LogP contribution in [0.4, 0.5) is 11.4 Å². The van der Waals surface area contributed by atoms with Gasteiger partial charge in [0.05, 0.1) is 4.90 Å². The molecule has 1 aliphatic heterocycles. The number of nitrogens with one attached hydrogen (secondary N) is 1. The lowest BCUT2D eigenvalue weighted by molar-refractivity contribution is 0.250. The number of piperazine rings is 1. The quantitative estimate of drug-likeness (QED) is 0.623. The topological polar surface area (TPSA) is 52.7 Å². The van der Waals surface area contributed by atoms with E-state index < -0.39 is 10.0 Å². The van der Waals surface area contributed by atoms with Crippen molar-refractivity contribution in [3.8, 4) is 0 Å². The zero-order valence-corrected chi connectivity index (χ0v) is 18.9. The Bertz CT molecular complexity index is 1120. The van der Waals surface area contributed by atoms with Gasteiger partial charge in [0.2, 0.25) is 0 Å². The molecule has 1 aliphatic rings. The molecule has 0 bridgehead atoms. The summed E-state index contributed by atoms with van der Waals surface area (Å²) >= 11 is 0. The fourth-order valence-corrected chi connectivity index (χ4v) is 5.34. The zero-order chi connectivity index (χ0) is 21.8. The van der Waals surface area contributed by atoms with Crippen LogP contribution in [0.1, 0.15) is 16.7 Å². The SMILES string of the molecule is Cc1ccc(C)c(S(=O)(=O)Nc2ccc(CN3CCN(c4ccccc4)CC3)cc2)c1. The molecule has 0 saturated carbocycles. The van der Waals surface area contributed by atoms with Crippen LogP contribution in [0.5, 0.6) is 0 Å². The Balaban J connectivity index is 1.35. The molecule has 1 heterocycles. The average molecular weight is 436 g/mol. The summed E-state index contributed by atoms with van der Waals surface area (Å²) in [5.74, 6) is 0. The first kappa shape index (κ1) is 21.4. The van der Waals surface area contributed by atoms with Crippen molar-refractivity contribution in [2.75, 3.05) is 35.8 Å². The van der Waals surface area contributed by atoms with E-state index in [4.69, 9.17) is 0 Å². The Morgan fingerprint density at radius 2 is 1.52 bits per heavy atom. The second kappa shape index (κ2) is 9.12. The molecule has 3 aromatic rings. The summed E-state index contributed by atoms with van der Waals surface area (Å²) < 4.78 is 28.3. The van der Waals surface area contributed by atoms with Gasteiger partial charge in [0.25, 0.3) is 10.0 Å². The second-order valence-electron chi connectivity index (χ2n) is 8.17. The van der Waals surface area contributed by atoms with Crippen molar-refractivity contribution in [3.63, 3.8) is 0 Å². The van der Waals surface area contributed by atoms with Crippen molar-refractivity contribution in [3.05, 3.63) is 89.5 Å². The number of anilines is 2. The number of aryl methyl sites for hydroxylation is 2. The van der Waals surface area contributed by atoms with Crippen molar-refractivity contribution >= 4 is 21.4 Å². The van der Waals surface area contributed by atoms with Gasteiger partial charge in [-0.2, -0.15) is 0 Å². The molecule has 4 rings (SSSR count). The van der Waals surface area contributed by atoms with Crippen molar-refractivity contribution in [1.29, 1.82) is 0 Å². The Labute approximate surface area is 185 Å². The third kappa shape index (κ3) is 5.27. The Morgan fingerprint density at radius 3 is 2.19 bits per heavy atom. The highest BCUT2D eigenvalue weighted by atomic mass is 32.2. The summed E-state index contributed by atoms with van der Waals surface area (Å²) in [7, 11) is -3.60.